The monoisotopic (exact) mass is 248 g/mol. The zero-order chi connectivity index (χ0) is 13.2. The summed E-state index contributed by atoms with van der Waals surface area (Å²) in [6.45, 7) is 2.23. The van der Waals surface area contributed by atoms with Crippen molar-refractivity contribution < 1.29 is 9.47 Å². The van der Waals surface area contributed by atoms with E-state index in [2.05, 4.69) is 37.3 Å². The van der Waals surface area contributed by atoms with E-state index < -0.39 is 0 Å². The van der Waals surface area contributed by atoms with Gasteiger partial charge in [-0.15, -0.1) is 0 Å². The van der Waals surface area contributed by atoms with Crippen LogP contribution in [0.3, 0.4) is 0 Å². The molecule has 0 amide bonds. The fraction of sp³-hybridized carbons (Fsp3) is 0.500. The third-order valence-corrected chi connectivity index (χ3v) is 3.00. The second-order valence-corrected chi connectivity index (χ2v) is 4.35. The molecule has 0 atom stereocenters. The van der Waals surface area contributed by atoms with Crippen molar-refractivity contribution in [3.05, 3.63) is 41.5 Å². The minimum absolute atomic E-state index is 0.270. The van der Waals surface area contributed by atoms with E-state index in [1.54, 1.807) is 14.2 Å². The van der Waals surface area contributed by atoms with E-state index in [4.69, 9.17) is 9.47 Å². The van der Waals surface area contributed by atoms with Gasteiger partial charge in [0.05, 0.1) is 0 Å². The highest BCUT2D eigenvalue weighted by molar-refractivity contribution is 5.54. The van der Waals surface area contributed by atoms with E-state index >= 15 is 0 Å². The molecular weight excluding hydrogens is 224 g/mol. The van der Waals surface area contributed by atoms with Crippen LogP contribution in [0.25, 0.3) is 6.08 Å². The summed E-state index contributed by atoms with van der Waals surface area (Å²) in [5.41, 5.74) is 2.65. The van der Waals surface area contributed by atoms with Gasteiger partial charge in [-0.1, -0.05) is 50.1 Å². The molecule has 0 aliphatic heterocycles. The molecule has 0 saturated heterocycles. The quantitative estimate of drug-likeness (QED) is 0.510. The summed E-state index contributed by atoms with van der Waals surface area (Å²) in [7, 11) is 3.29. The van der Waals surface area contributed by atoms with E-state index in [9.17, 15) is 0 Å². The van der Waals surface area contributed by atoms with E-state index in [1.165, 1.54) is 30.4 Å². The van der Waals surface area contributed by atoms with Gasteiger partial charge < -0.3 is 9.47 Å². The van der Waals surface area contributed by atoms with Crippen LogP contribution in [0, 0.1) is 0 Å². The first kappa shape index (κ1) is 14.9. The van der Waals surface area contributed by atoms with Crippen molar-refractivity contribution in [2.75, 3.05) is 14.2 Å². The normalized spacial score (nSPS) is 11.6. The Balaban J connectivity index is 2.69. The molecule has 0 fully saturated rings. The van der Waals surface area contributed by atoms with Crippen LogP contribution in [0.15, 0.2) is 30.3 Å². The zero-order valence-corrected chi connectivity index (χ0v) is 11.7. The maximum absolute atomic E-state index is 5.15. The average molecular weight is 248 g/mol. The SMILES string of the molecule is CCCCCc1ccccc1/C=C/C(OC)OC. The van der Waals surface area contributed by atoms with Gasteiger partial charge in [0.15, 0.2) is 6.29 Å². The van der Waals surface area contributed by atoms with Crippen LogP contribution < -0.4 is 0 Å². The van der Waals surface area contributed by atoms with Gasteiger partial charge in [0, 0.05) is 14.2 Å². The topological polar surface area (TPSA) is 18.5 Å². The van der Waals surface area contributed by atoms with Crippen molar-refractivity contribution in [1.82, 2.24) is 0 Å². The molecule has 0 radical (unpaired) electrons. The number of benzene rings is 1. The van der Waals surface area contributed by atoms with Gasteiger partial charge in [-0.25, -0.2) is 0 Å². The smallest absolute Gasteiger partial charge is 0.176 e. The van der Waals surface area contributed by atoms with Gasteiger partial charge in [0.2, 0.25) is 0 Å². The van der Waals surface area contributed by atoms with Crippen LogP contribution >= 0.6 is 0 Å². The van der Waals surface area contributed by atoms with Crippen LogP contribution in [0.1, 0.15) is 37.3 Å². The Bertz CT molecular complexity index is 354. The third-order valence-electron chi connectivity index (χ3n) is 3.00. The number of hydrogen-bond acceptors (Lipinski definition) is 2. The van der Waals surface area contributed by atoms with Gasteiger partial charge >= 0.3 is 0 Å². The standard InChI is InChI=1S/C16H24O2/c1-4-5-6-9-14-10-7-8-11-15(14)12-13-16(17-2)18-3/h7-8,10-13,16H,4-6,9H2,1-3H3/b13-12+. The van der Waals surface area contributed by atoms with E-state index in [1.807, 2.05) is 6.08 Å². The lowest BCUT2D eigenvalue weighted by atomic mass is 10.0. The van der Waals surface area contributed by atoms with Crippen LogP contribution in [0.5, 0.6) is 0 Å². The Hall–Kier alpha value is -1.12. The summed E-state index contributed by atoms with van der Waals surface area (Å²) in [4.78, 5) is 0. The fourth-order valence-electron chi connectivity index (χ4n) is 1.93. The summed E-state index contributed by atoms with van der Waals surface area (Å²) in [6.07, 6.45) is 8.69. The first-order valence-corrected chi connectivity index (χ1v) is 6.63. The van der Waals surface area contributed by atoms with E-state index in [0.29, 0.717) is 0 Å². The van der Waals surface area contributed by atoms with Crippen molar-refractivity contribution >= 4 is 6.08 Å². The molecule has 0 N–H and O–H groups in total. The van der Waals surface area contributed by atoms with Crippen molar-refractivity contribution in [3.8, 4) is 0 Å². The second-order valence-electron chi connectivity index (χ2n) is 4.35. The van der Waals surface area contributed by atoms with E-state index in [-0.39, 0.29) is 6.29 Å². The van der Waals surface area contributed by atoms with Crippen molar-refractivity contribution in [1.29, 1.82) is 0 Å². The number of aryl methyl sites for hydroxylation is 1. The van der Waals surface area contributed by atoms with Crippen molar-refractivity contribution in [2.45, 2.75) is 38.9 Å². The summed E-state index contributed by atoms with van der Waals surface area (Å²) in [5, 5.41) is 0. The molecule has 2 nitrogen and oxygen atoms in total. The molecule has 1 aromatic carbocycles. The molecule has 0 heterocycles. The predicted octanol–water partition coefficient (Wildman–Crippen LogP) is 4.05. The lowest BCUT2D eigenvalue weighted by Crippen LogP contribution is -2.08. The van der Waals surface area contributed by atoms with Gasteiger partial charge in [0.1, 0.15) is 0 Å². The Morgan fingerprint density at radius 3 is 2.50 bits per heavy atom. The summed E-state index contributed by atoms with van der Waals surface area (Å²) in [5.74, 6) is 0. The second kappa shape index (κ2) is 8.90. The Kier molecular flexibility index (Phi) is 7.38. The molecule has 0 bridgehead atoms. The lowest BCUT2D eigenvalue weighted by Gasteiger charge is -2.09. The maximum atomic E-state index is 5.15. The average Bonchev–Trinajstić information content (AvgIpc) is 2.41. The highest BCUT2D eigenvalue weighted by Crippen LogP contribution is 2.15. The Morgan fingerprint density at radius 2 is 1.83 bits per heavy atom. The van der Waals surface area contributed by atoms with Gasteiger partial charge in [0.25, 0.3) is 0 Å². The van der Waals surface area contributed by atoms with Crippen molar-refractivity contribution in [2.24, 2.45) is 0 Å². The van der Waals surface area contributed by atoms with Crippen LogP contribution in [-0.4, -0.2) is 20.5 Å². The molecule has 0 aromatic heterocycles. The first-order chi connectivity index (χ1) is 8.81. The highest BCUT2D eigenvalue weighted by atomic mass is 16.7. The minimum atomic E-state index is -0.270. The third kappa shape index (κ3) is 5.03. The number of hydrogen-bond donors (Lipinski definition) is 0. The summed E-state index contributed by atoms with van der Waals surface area (Å²) in [6, 6.07) is 8.50. The highest BCUT2D eigenvalue weighted by Gasteiger charge is 2.01. The number of unbranched alkanes of at least 4 members (excludes halogenated alkanes) is 2. The molecule has 0 aliphatic carbocycles. The van der Waals surface area contributed by atoms with E-state index in [0.717, 1.165) is 6.42 Å². The fourth-order valence-corrected chi connectivity index (χ4v) is 1.93. The van der Waals surface area contributed by atoms with Gasteiger partial charge in [-0.05, 0) is 30.0 Å². The molecule has 2 heteroatoms. The molecule has 0 spiro atoms. The number of rotatable bonds is 8. The number of ether oxygens (including phenoxy) is 2. The Morgan fingerprint density at radius 1 is 1.11 bits per heavy atom. The van der Waals surface area contributed by atoms with Crippen LogP contribution in [0.2, 0.25) is 0 Å². The molecular formula is C16H24O2. The first-order valence-electron chi connectivity index (χ1n) is 6.63. The van der Waals surface area contributed by atoms with Gasteiger partial charge in [-0.3, -0.25) is 0 Å². The van der Waals surface area contributed by atoms with Crippen LogP contribution in [0.4, 0.5) is 0 Å². The zero-order valence-electron chi connectivity index (χ0n) is 11.7. The largest absolute Gasteiger partial charge is 0.352 e. The summed E-state index contributed by atoms with van der Waals surface area (Å²) < 4.78 is 10.3. The lowest BCUT2D eigenvalue weighted by molar-refractivity contribution is -0.0660. The molecule has 0 aliphatic rings. The number of methoxy groups -OCH3 is 2. The molecule has 1 aromatic rings. The minimum Gasteiger partial charge on any atom is -0.352 e. The van der Waals surface area contributed by atoms with Crippen LogP contribution in [-0.2, 0) is 15.9 Å². The molecule has 1 rings (SSSR count). The maximum Gasteiger partial charge on any atom is 0.176 e. The van der Waals surface area contributed by atoms with Crippen molar-refractivity contribution in [3.63, 3.8) is 0 Å². The predicted molar refractivity (Wildman–Crippen MR) is 76.5 cm³/mol. The molecule has 18 heavy (non-hydrogen) atoms. The summed E-state index contributed by atoms with van der Waals surface area (Å²) >= 11 is 0. The molecule has 0 saturated carbocycles. The Labute approximate surface area is 111 Å². The molecule has 0 unspecified atom stereocenters. The van der Waals surface area contributed by atoms with Gasteiger partial charge in [-0.2, -0.15) is 0 Å². The molecule has 100 valence electrons.